The molecule has 0 N–H and O–H groups in total. The van der Waals surface area contributed by atoms with E-state index in [1.165, 1.54) is 0 Å². The molecule has 1 aliphatic heterocycles. The van der Waals surface area contributed by atoms with Crippen molar-refractivity contribution in [2.45, 2.75) is 53.5 Å². The Bertz CT molecular complexity index is 351. The van der Waals surface area contributed by atoms with Crippen LogP contribution in [0.5, 0.6) is 0 Å². The molecule has 1 rings (SSSR count). The van der Waals surface area contributed by atoms with E-state index in [2.05, 4.69) is 31.6 Å². The Morgan fingerprint density at radius 2 is 1.76 bits per heavy atom. The number of ketones is 1. The molecule has 2 heteroatoms. The highest BCUT2D eigenvalue weighted by atomic mass is 16.1. The first-order valence-electron chi connectivity index (χ1n) is 6.31. The van der Waals surface area contributed by atoms with Gasteiger partial charge in [0.1, 0.15) is 5.41 Å². The maximum Gasteiger partial charge on any atom is 0.157 e. The summed E-state index contributed by atoms with van der Waals surface area (Å²) in [4.78, 5) is 14.8. The van der Waals surface area contributed by atoms with Gasteiger partial charge in [-0.1, -0.05) is 26.7 Å². The van der Waals surface area contributed by atoms with Crippen LogP contribution in [0.1, 0.15) is 48.0 Å². The van der Waals surface area contributed by atoms with E-state index < -0.39 is 5.41 Å². The minimum absolute atomic E-state index is 0.0801. The van der Waals surface area contributed by atoms with Gasteiger partial charge in [0, 0.05) is 24.0 Å². The molecule has 0 bridgehead atoms. The molecule has 2 nitrogen and oxygen atoms in total. The van der Waals surface area contributed by atoms with E-state index in [9.17, 15) is 4.79 Å². The van der Waals surface area contributed by atoms with E-state index in [0.29, 0.717) is 6.54 Å². The average molecular weight is 235 g/mol. The van der Waals surface area contributed by atoms with Crippen molar-refractivity contribution in [2.24, 2.45) is 10.8 Å². The molecule has 96 valence electrons. The van der Waals surface area contributed by atoms with Crippen molar-refractivity contribution in [3.05, 3.63) is 0 Å². The Morgan fingerprint density at radius 3 is 2.06 bits per heavy atom. The molecule has 1 atom stereocenters. The average Bonchev–Trinajstić information content (AvgIpc) is 2.59. The molecule has 1 heterocycles. The van der Waals surface area contributed by atoms with Crippen LogP contribution in [0, 0.1) is 23.2 Å². The van der Waals surface area contributed by atoms with Gasteiger partial charge < -0.3 is 0 Å². The molecule has 0 aliphatic carbocycles. The molecule has 0 aromatic heterocycles. The fourth-order valence-corrected chi connectivity index (χ4v) is 2.47. The van der Waals surface area contributed by atoms with Crippen LogP contribution in [0.15, 0.2) is 0 Å². The topological polar surface area (TPSA) is 20.3 Å². The minimum Gasteiger partial charge on any atom is -0.297 e. The largest absolute Gasteiger partial charge is 0.297 e. The zero-order valence-corrected chi connectivity index (χ0v) is 12.1. The summed E-state index contributed by atoms with van der Waals surface area (Å²) < 4.78 is 0. The van der Waals surface area contributed by atoms with E-state index in [4.69, 9.17) is 6.42 Å². The van der Waals surface area contributed by atoms with Crippen molar-refractivity contribution in [1.82, 2.24) is 4.90 Å². The molecule has 1 aliphatic rings. The number of nitrogens with zero attached hydrogens (tertiary/aromatic N) is 1. The summed E-state index contributed by atoms with van der Waals surface area (Å²) in [6.07, 6.45) is 6.46. The van der Waals surface area contributed by atoms with Crippen molar-refractivity contribution in [2.75, 3.05) is 13.1 Å². The van der Waals surface area contributed by atoms with Gasteiger partial charge in [0.15, 0.2) is 5.78 Å². The second-order valence-corrected chi connectivity index (χ2v) is 7.15. The quantitative estimate of drug-likeness (QED) is 0.651. The maximum absolute atomic E-state index is 12.5. The smallest absolute Gasteiger partial charge is 0.157 e. The van der Waals surface area contributed by atoms with Crippen LogP contribution in [0.3, 0.4) is 0 Å². The summed E-state index contributed by atoms with van der Waals surface area (Å²) in [5.41, 5.74) is -0.859. The lowest BCUT2D eigenvalue weighted by Crippen LogP contribution is -2.45. The van der Waals surface area contributed by atoms with E-state index >= 15 is 0 Å². The van der Waals surface area contributed by atoms with E-state index in [1.807, 2.05) is 20.8 Å². The monoisotopic (exact) mass is 235 g/mol. The molecule has 0 saturated carbocycles. The maximum atomic E-state index is 12.5. The van der Waals surface area contributed by atoms with Crippen LogP contribution in [0.25, 0.3) is 0 Å². The zero-order chi connectivity index (χ0) is 13.5. The van der Waals surface area contributed by atoms with E-state index in [1.54, 1.807) is 0 Å². The van der Waals surface area contributed by atoms with Gasteiger partial charge in [-0.15, -0.1) is 6.42 Å². The number of Topliss-reactive ketones (excluding diaryl/α,β-unsaturated/α-hetero) is 1. The predicted molar refractivity (Wildman–Crippen MR) is 71.7 cm³/mol. The second-order valence-electron chi connectivity index (χ2n) is 7.15. The number of hydrogen-bond donors (Lipinski definition) is 0. The van der Waals surface area contributed by atoms with Crippen LogP contribution in [0.4, 0.5) is 0 Å². The minimum atomic E-state index is -0.578. The number of rotatable bonds is 1. The highest BCUT2D eigenvalue weighted by Gasteiger charge is 2.48. The lowest BCUT2D eigenvalue weighted by molar-refractivity contribution is -0.133. The standard InChI is InChI=1S/C15H25NO/c1-8-15(12(17)13(2,3)4)9-10-16(11-15)14(5,6)7/h1H,9-11H2,2-7H3. The van der Waals surface area contributed by atoms with Crippen LogP contribution < -0.4 is 0 Å². The van der Waals surface area contributed by atoms with Gasteiger partial charge in [-0.25, -0.2) is 0 Å². The fraction of sp³-hybridized carbons (Fsp3) is 0.800. The number of carbonyl (C=O) groups is 1. The van der Waals surface area contributed by atoms with Gasteiger partial charge in [0.05, 0.1) is 0 Å². The molecule has 0 aromatic rings. The van der Waals surface area contributed by atoms with Gasteiger partial charge in [-0.3, -0.25) is 9.69 Å². The van der Waals surface area contributed by atoms with Gasteiger partial charge in [-0.05, 0) is 27.2 Å². The molecule has 0 radical (unpaired) electrons. The van der Waals surface area contributed by atoms with Crippen molar-refractivity contribution in [1.29, 1.82) is 0 Å². The summed E-state index contributed by atoms with van der Waals surface area (Å²) in [7, 11) is 0. The summed E-state index contributed by atoms with van der Waals surface area (Å²) in [6, 6.07) is 0. The number of carbonyl (C=O) groups excluding carboxylic acids is 1. The first-order valence-corrected chi connectivity index (χ1v) is 6.31. The third-order valence-electron chi connectivity index (χ3n) is 3.61. The molecule has 0 spiro atoms. The Kier molecular flexibility index (Phi) is 3.47. The Balaban J connectivity index is 2.97. The normalized spacial score (nSPS) is 26.9. The number of terminal acetylenes is 1. The van der Waals surface area contributed by atoms with Crippen LogP contribution in [-0.4, -0.2) is 29.3 Å². The van der Waals surface area contributed by atoms with Gasteiger partial charge in [0.2, 0.25) is 0 Å². The van der Waals surface area contributed by atoms with Crippen molar-refractivity contribution in [3.8, 4) is 12.3 Å². The van der Waals surface area contributed by atoms with E-state index in [-0.39, 0.29) is 16.7 Å². The number of hydrogen-bond acceptors (Lipinski definition) is 2. The Morgan fingerprint density at radius 1 is 1.24 bits per heavy atom. The Labute approximate surface area is 106 Å². The molecule has 1 fully saturated rings. The lowest BCUT2D eigenvalue weighted by Gasteiger charge is -2.34. The summed E-state index contributed by atoms with van der Waals surface area (Å²) >= 11 is 0. The van der Waals surface area contributed by atoms with Crippen LogP contribution in [0.2, 0.25) is 0 Å². The lowest BCUT2D eigenvalue weighted by atomic mass is 9.72. The molecule has 1 saturated heterocycles. The highest BCUT2D eigenvalue weighted by molar-refractivity contribution is 5.92. The second kappa shape index (κ2) is 4.14. The summed E-state index contributed by atoms with van der Waals surface area (Å²) in [5, 5.41) is 0. The predicted octanol–water partition coefficient (Wildman–Crippen LogP) is 2.73. The van der Waals surface area contributed by atoms with Crippen molar-refractivity contribution >= 4 is 5.78 Å². The molecular formula is C15H25NO. The van der Waals surface area contributed by atoms with E-state index in [0.717, 1.165) is 13.0 Å². The third kappa shape index (κ3) is 2.72. The molecule has 0 amide bonds. The fourth-order valence-electron chi connectivity index (χ4n) is 2.47. The van der Waals surface area contributed by atoms with Crippen LogP contribution >= 0.6 is 0 Å². The third-order valence-corrected chi connectivity index (χ3v) is 3.61. The first kappa shape index (κ1) is 14.3. The van der Waals surface area contributed by atoms with Gasteiger partial charge in [-0.2, -0.15) is 0 Å². The number of likely N-dealkylation sites (tertiary alicyclic amines) is 1. The molecule has 17 heavy (non-hydrogen) atoms. The van der Waals surface area contributed by atoms with Crippen molar-refractivity contribution < 1.29 is 4.79 Å². The first-order chi connectivity index (χ1) is 7.53. The van der Waals surface area contributed by atoms with Gasteiger partial charge in [0.25, 0.3) is 0 Å². The van der Waals surface area contributed by atoms with Crippen LogP contribution in [-0.2, 0) is 4.79 Å². The van der Waals surface area contributed by atoms with Gasteiger partial charge >= 0.3 is 0 Å². The van der Waals surface area contributed by atoms with Crippen molar-refractivity contribution in [3.63, 3.8) is 0 Å². The summed E-state index contributed by atoms with van der Waals surface area (Å²) in [5.74, 6) is 3.00. The SMILES string of the molecule is C#CC1(C(=O)C(C)(C)C)CCN(C(C)(C)C)C1. The highest BCUT2D eigenvalue weighted by Crippen LogP contribution is 2.39. The molecule has 1 unspecified atom stereocenters. The zero-order valence-electron chi connectivity index (χ0n) is 12.1. The Hall–Kier alpha value is -0.810. The molecule has 0 aromatic carbocycles. The molecular weight excluding hydrogens is 210 g/mol. The summed E-state index contributed by atoms with van der Waals surface area (Å²) in [6.45, 7) is 14.0.